The summed E-state index contributed by atoms with van der Waals surface area (Å²) in [6, 6.07) is 9.32. The van der Waals surface area contributed by atoms with E-state index >= 15 is 0 Å². The predicted molar refractivity (Wildman–Crippen MR) is 90.9 cm³/mol. The molecule has 1 aromatic carbocycles. The van der Waals surface area contributed by atoms with E-state index in [9.17, 15) is 4.79 Å². The van der Waals surface area contributed by atoms with Crippen molar-refractivity contribution < 1.29 is 0 Å². The van der Waals surface area contributed by atoms with Gasteiger partial charge in [-0.15, -0.1) is 0 Å². The van der Waals surface area contributed by atoms with Crippen LogP contribution < -0.4 is 10.5 Å². The van der Waals surface area contributed by atoms with Gasteiger partial charge in [-0.25, -0.2) is 4.98 Å². The Morgan fingerprint density at radius 1 is 1.26 bits per heavy atom. The molecule has 0 bridgehead atoms. The lowest BCUT2D eigenvalue weighted by Gasteiger charge is -2.26. The maximum atomic E-state index is 12.3. The smallest absolute Gasteiger partial charge is 0.258 e. The minimum absolute atomic E-state index is 0.0206. The summed E-state index contributed by atoms with van der Waals surface area (Å²) in [7, 11) is 0. The van der Waals surface area contributed by atoms with Crippen molar-refractivity contribution in [2.24, 2.45) is 0 Å². The van der Waals surface area contributed by atoms with E-state index in [0.717, 1.165) is 30.6 Å². The third-order valence-corrected chi connectivity index (χ3v) is 4.55. The lowest BCUT2D eigenvalue weighted by Crippen LogP contribution is -2.26. The number of hydrogen-bond acceptors (Lipinski definition) is 4. The van der Waals surface area contributed by atoms with E-state index in [-0.39, 0.29) is 11.6 Å². The quantitative estimate of drug-likeness (QED) is 0.784. The van der Waals surface area contributed by atoms with Gasteiger partial charge >= 0.3 is 0 Å². The number of nitrogens with one attached hydrogen (secondary N) is 1. The third-order valence-electron chi connectivity index (χ3n) is 4.26. The summed E-state index contributed by atoms with van der Waals surface area (Å²) in [5.74, 6) is 0.694. The van der Waals surface area contributed by atoms with E-state index in [0.29, 0.717) is 16.2 Å². The van der Waals surface area contributed by atoms with Gasteiger partial charge in [0, 0.05) is 18.9 Å². The molecule has 1 aliphatic heterocycles. The Bertz CT molecular complexity index is 924. The van der Waals surface area contributed by atoms with E-state index in [1.807, 2.05) is 24.3 Å². The number of rotatable bonds is 2. The molecule has 0 radical (unpaired) electrons. The van der Waals surface area contributed by atoms with Crippen LogP contribution in [-0.4, -0.2) is 21.5 Å². The highest BCUT2D eigenvalue weighted by Crippen LogP contribution is 2.37. The SMILES string of the molecule is O=c1[nH]c(C2CCCN2c2ccncc2Cl)nc2ccccc12. The van der Waals surface area contributed by atoms with Gasteiger partial charge < -0.3 is 9.88 Å². The van der Waals surface area contributed by atoms with Gasteiger partial charge in [-0.1, -0.05) is 23.7 Å². The fourth-order valence-electron chi connectivity index (χ4n) is 3.20. The van der Waals surface area contributed by atoms with Crippen LogP contribution in [0.1, 0.15) is 24.7 Å². The maximum Gasteiger partial charge on any atom is 0.258 e. The van der Waals surface area contributed by atoms with E-state index in [1.165, 1.54) is 0 Å². The molecule has 0 aliphatic carbocycles. The minimum Gasteiger partial charge on any atom is -0.360 e. The number of anilines is 1. The zero-order chi connectivity index (χ0) is 15.8. The molecular weight excluding hydrogens is 312 g/mol. The predicted octanol–water partition coefficient (Wildman–Crippen LogP) is 3.31. The van der Waals surface area contributed by atoms with Gasteiger partial charge in [0.1, 0.15) is 5.82 Å². The molecule has 5 nitrogen and oxygen atoms in total. The van der Waals surface area contributed by atoms with Crippen molar-refractivity contribution in [3.05, 3.63) is 63.9 Å². The van der Waals surface area contributed by atoms with Crippen molar-refractivity contribution >= 4 is 28.2 Å². The molecule has 1 N–H and O–H groups in total. The normalized spacial score (nSPS) is 17.8. The molecule has 3 aromatic rings. The minimum atomic E-state index is -0.0988. The lowest BCUT2D eigenvalue weighted by atomic mass is 10.1. The number of fused-ring (bicyclic) bond motifs is 1. The van der Waals surface area contributed by atoms with Crippen LogP contribution in [0.3, 0.4) is 0 Å². The molecule has 1 aliphatic rings. The van der Waals surface area contributed by atoms with Gasteiger partial charge in [0.2, 0.25) is 0 Å². The number of hydrogen-bond donors (Lipinski definition) is 1. The highest BCUT2D eigenvalue weighted by molar-refractivity contribution is 6.33. The fraction of sp³-hybridized carbons (Fsp3) is 0.235. The first-order valence-corrected chi connectivity index (χ1v) is 7.97. The number of halogens is 1. The summed E-state index contributed by atoms with van der Waals surface area (Å²) < 4.78 is 0. The molecular formula is C17H15ClN4O. The Labute approximate surface area is 138 Å². The van der Waals surface area contributed by atoms with Crippen LogP contribution >= 0.6 is 11.6 Å². The number of aromatic amines is 1. The van der Waals surface area contributed by atoms with Gasteiger partial charge in [-0.3, -0.25) is 9.78 Å². The summed E-state index contributed by atoms with van der Waals surface area (Å²) in [5, 5.41) is 1.23. The second-order valence-electron chi connectivity index (χ2n) is 5.65. The van der Waals surface area contributed by atoms with E-state index in [4.69, 9.17) is 11.6 Å². The van der Waals surface area contributed by atoms with Gasteiger partial charge in [0.05, 0.1) is 27.7 Å². The number of aromatic nitrogens is 3. The fourth-order valence-corrected chi connectivity index (χ4v) is 3.43. The van der Waals surface area contributed by atoms with E-state index in [2.05, 4.69) is 19.9 Å². The Morgan fingerprint density at radius 2 is 2.13 bits per heavy atom. The summed E-state index contributed by atoms with van der Waals surface area (Å²) in [6.07, 6.45) is 5.33. The summed E-state index contributed by atoms with van der Waals surface area (Å²) in [6.45, 7) is 0.880. The standard InChI is InChI=1S/C17H15ClN4O/c18-12-10-19-8-7-14(12)22-9-3-6-15(22)16-20-13-5-2-1-4-11(13)17(23)21-16/h1-2,4-5,7-8,10,15H,3,6,9H2,(H,20,21,23). The topological polar surface area (TPSA) is 61.9 Å². The number of nitrogens with zero attached hydrogens (tertiary/aromatic N) is 3. The molecule has 4 rings (SSSR count). The largest absolute Gasteiger partial charge is 0.360 e. The van der Waals surface area contributed by atoms with Gasteiger partial charge in [-0.2, -0.15) is 0 Å². The molecule has 1 fully saturated rings. The molecule has 0 amide bonds. The van der Waals surface area contributed by atoms with Gasteiger partial charge in [0.15, 0.2) is 0 Å². The van der Waals surface area contributed by atoms with Crippen LogP contribution in [0.15, 0.2) is 47.5 Å². The van der Waals surface area contributed by atoms with E-state index in [1.54, 1.807) is 18.5 Å². The Morgan fingerprint density at radius 3 is 3.00 bits per heavy atom. The Kier molecular flexibility index (Phi) is 3.50. The lowest BCUT2D eigenvalue weighted by molar-refractivity contribution is 0.667. The van der Waals surface area contributed by atoms with Crippen molar-refractivity contribution in [3.63, 3.8) is 0 Å². The monoisotopic (exact) mass is 326 g/mol. The molecule has 1 saturated heterocycles. The van der Waals surface area contributed by atoms with Crippen molar-refractivity contribution in [2.75, 3.05) is 11.4 Å². The second-order valence-corrected chi connectivity index (χ2v) is 6.05. The van der Waals surface area contributed by atoms with Crippen LogP contribution in [0.2, 0.25) is 5.02 Å². The first kappa shape index (κ1) is 14.2. The number of pyridine rings is 1. The second kappa shape index (κ2) is 5.66. The average molecular weight is 327 g/mol. The highest BCUT2D eigenvalue weighted by atomic mass is 35.5. The molecule has 0 saturated carbocycles. The number of benzene rings is 1. The zero-order valence-electron chi connectivity index (χ0n) is 12.4. The van der Waals surface area contributed by atoms with Crippen molar-refractivity contribution in [3.8, 4) is 0 Å². The summed E-state index contributed by atoms with van der Waals surface area (Å²) in [5.41, 5.74) is 1.55. The van der Waals surface area contributed by atoms with E-state index < -0.39 is 0 Å². The van der Waals surface area contributed by atoms with Crippen molar-refractivity contribution in [1.29, 1.82) is 0 Å². The first-order valence-electron chi connectivity index (χ1n) is 7.59. The molecule has 0 spiro atoms. The Hall–Kier alpha value is -2.40. The van der Waals surface area contributed by atoms with Crippen LogP contribution in [0.4, 0.5) is 5.69 Å². The molecule has 6 heteroatoms. The average Bonchev–Trinajstić information content (AvgIpc) is 3.05. The first-order chi connectivity index (χ1) is 11.2. The van der Waals surface area contributed by atoms with Crippen LogP contribution in [0, 0.1) is 0 Å². The molecule has 116 valence electrons. The molecule has 3 heterocycles. The van der Waals surface area contributed by atoms with Crippen molar-refractivity contribution in [1.82, 2.24) is 15.0 Å². The molecule has 1 atom stereocenters. The van der Waals surface area contributed by atoms with Crippen molar-refractivity contribution in [2.45, 2.75) is 18.9 Å². The zero-order valence-corrected chi connectivity index (χ0v) is 13.1. The molecule has 2 aromatic heterocycles. The molecule has 23 heavy (non-hydrogen) atoms. The van der Waals surface area contributed by atoms with Gasteiger partial charge in [0.25, 0.3) is 5.56 Å². The third kappa shape index (κ3) is 2.47. The van der Waals surface area contributed by atoms with Crippen LogP contribution in [-0.2, 0) is 0 Å². The highest BCUT2D eigenvalue weighted by Gasteiger charge is 2.29. The Balaban J connectivity index is 1.80. The molecule has 1 unspecified atom stereocenters. The van der Waals surface area contributed by atoms with Gasteiger partial charge in [-0.05, 0) is 31.0 Å². The number of para-hydroxylation sites is 1. The van der Waals surface area contributed by atoms with Crippen LogP contribution in [0.5, 0.6) is 0 Å². The summed E-state index contributed by atoms with van der Waals surface area (Å²) in [4.78, 5) is 26.2. The number of H-pyrrole nitrogens is 1. The summed E-state index contributed by atoms with van der Waals surface area (Å²) >= 11 is 6.29. The van der Waals surface area contributed by atoms with Crippen LogP contribution in [0.25, 0.3) is 10.9 Å². The maximum absolute atomic E-state index is 12.3.